The lowest BCUT2D eigenvalue weighted by atomic mass is 10.2. The van der Waals surface area contributed by atoms with E-state index >= 15 is 0 Å². The summed E-state index contributed by atoms with van der Waals surface area (Å²) in [6.45, 7) is 0. The molecule has 0 aliphatic rings. The van der Waals surface area contributed by atoms with Crippen LogP contribution in [-0.4, -0.2) is 16.6 Å². The average molecular weight is 286 g/mol. The smallest absolute Gasteiger partial charge is 0.298 e. The molecule has 100 valence electrons. The molecule has 20 heavy (non-hydrogen) atoms. The van der Waals surface area contributed by atoms with Crippen LogP contribution in [0.5, 0.6) is 0 Å². The maximum atomic E-state index is 12.5. The van der Waals surface area contributed by atoms with E-state index in [1.54, 1.807) is 23.7 Å². The number of halogens is 1. The minimum absolute atomic E-state index is 0.187. The van der Waals surface area contributed by atoms with Gasteiger partial charge in [-0.15, -0.1) is 0 Å². The molecule has 3 aromatic rings. The molecule has 0 fully saturated rings. The fourth-order valence-corrected chi connectivity index (χ4v) is 2.27. The number of anilines is 1. The van der Waals surface area contributed by atoms with Crippen molar-refractivity contribution in [2.24, 2.45) is 0 Å². The molecule has 0 saturated carbocycles. The Bertz CT molecular complexity index is 825. The van der Waals surface area contributed by atoms with E-state index in [2.05, 4.69) is 10.3 Å². The lowest BCUT2D eigenvalue weighted by Gasteiger charge is -2.12. The predicted molar refractivity (Wildman–Crippen MR) is 81.9 cm³/mol. The third kappa shape index (κ3) is 2.04. The highest BCUT2D eigenvalue weighted by Crippen LogP contribution is 2.18. The van der Waals surface area contributed by atoms with Gasteiger partial charge in [-0.1, -0.05) is 23.7 Å². The Hall–Kier alpha value is -2.33. The first-order chi connectivity index (χ1) is 9.70. The van der Waals surface area contributed by atoms with Crippen LogP contribution in [-0.2, 0) is 0 Å². The summed E-state index contributed by atoms with van der Waals surface area (Å²) in [5.41, 5.74) is 2.09. The van der Waals surface area contributed by atoms with Gasteiger partial charge in [-0.05, 0) is 36.4 Å². The lowest BCUT2D eigenvalue weighted by Crippen LogP contribution is -2.23. The van der Waals surface area contributed by atoms with Crippen LogP contribution in [0.15, 0.2) is 53.3 Å². The molecule has 1 N–H and O–H groups in total. The van der Waals surface area contributed by atoms with Gasteiger partial charge in [0.1, 0.15) is 0 Å². The maximum absolute atomic E-state index is 12.5. The third-order valence-electron chi connectivity index (χ3n) is 3.08. The number of nitrogens with zero attached hydrogens (tertiary/aromatic N) is 2. The largest absolute Gasteiger partial charge is 0.369 e. The van der Waals surface area contributed by atoms with Crippen molar-refractivity contribution in [1.29, 1.82) is 0 Å². The monoisotopic (exact) mass is 285 g/mol. The molecule has 0 spiro atoms. The Labute approximate surface area is 120 Å². The number of para-hydroxylation sites is 2. The summed E-state index contributed by atoms with van der Waals surface area (Å²) in [5.74, 6) is 0.318. The molecular weight excluding hydrogens is 274 g/mol. The van der Waals surface area contributed by atoms with E-state index in [0.717, 1.165) is 16.7 Å². The second-order valence-electron chi connectivity index (χ2n) is 4.32. The fourth-order valence-electron chi connectivity index (χ4n) is 2.14. The SMILES string of the molecule is CNc1nc2ccccc2n(-c2ccc(Cl)cc2)c1=O. The van der Waals surface area contributed by atoms with Crippen molar-refractivity contribution >= 4 is 28.5 Å². The Morgan fingerprint density at radius 1 is 1.10 bits per heavy atom. The van der Waals surface area contributed by atoms with E-state index in [1.165, 1.54) is 0 Å². The number of benzene rings is 2. The molecule has 1 aromatic heterocycles. The van der Waals surface area contributed by atoms with Gasteiger partial charge in [-0.3, -0.25) is 9.36 Å². The minimum atomic E-state index is -0.187. The summed E-state index contributed by atoms with van der Waals surface area (Å²) in [6.07, 6.45) is 0. The summed E-state index contributed by atoms with van der Waals surface area (Å²) in [4.78, 5) is 16.8. The van der Waals surface area contributed by atoms with Crippen LogP contribution in [0.3, 0.4) is 0 Å². The van der Waals surface area contributed by atoms with Gasteiger partial charge in [0.2, 0.25) is 0 Å². The van der Waals surface area contributed by atoms with E-state index in [-0.39, 0.29) is 5.56 Å². The molecule has 0 amide bonds. The molecule has 2 aromatic carbocycles. The van der Waals surface area contributed by atoms with E-state index < -0.39 is 0 Å². The van der Waals surface area contributed by atoms with E-state index in [4.69, 9.17) is 11.6 Å². The number of fused-ring (bicyclic) bond motifs is 1. The predicted octanol–water partition coefficient (Wildman–Crippen LogP) is 3.08. The van der Waals surface area contributed by atoms with Gasteiger partial charge in [0.25, 0.3) is 5.56 Å². The molecule has 5 heteroatoms. The molecule has 0 unspecified atom stereocenters. The summed E-state index contributed by atoms with van der Waals surface area (Å²) in [6, 6.07) is 14.7. The van der Waals surface area contributed by atoms with Gasteiger partial charge < -0.3 is 5.32 Å². The van der Waals surface area contributed by atoms with Crippen LogP contribution < -0.4 is 10.9 Å². The van der Waals surface area contributed by atoms with Crippen LogP contribution in [0.1, 0.15) is 0 Å². The first kappa shape index (κ1) is 12.7. The van der Waals surface area contributed by atoms with E-state index in [1.807, 2.05) is 36.4 Å². The van der Waals surface area contributed by atoms with Crippen molar-refractivity contribution in [3.8, 4) is 5.69 Å². The minimum Gasteiger partial charge on any atom is -0.369 e. The zero-order valence-corrected chi connectivity index (χ0v) is 11.6. The molecule has 0 aliphatic heterocycles. The van der Waals surface area contributed by atoms with Crippen molar-refractivity contribution in [1.82, 2.24) is 9.55 Å². The number of hydrogen-bond donors (Lipinski definition) is 1. The average Bonchev–Trinajstić information content (AvgIpc) is 2.48. The van der Waals surface area contributed by atoms with Gasteiger partial charge in [0.05, 0.1) is 11.0 Å². The van der Waals surface area contributed by atoms with Crippen molar-refractivity contribution in [3.63, 3.8) is 0 Å². The number of rotatable bonds is 2. The molecule has 3 rings (SSSR count). The Morgan fingerprint density at radius 2 is 1.80 bits per heavy atom. The first-order valence-electron chi connectivity index (χ1n) is 6.16. The zero-order valence-electron chi connectivity index (χ0n) is 10.8. The van der Waals surface area contributed by atoms with Gasteiger partial charge in [-0.2, -0.15) is 0 Å². The molecular formula is C15H12ClN3O. The number of nitrogens with one attached hydrogen (secondary N) is 1. The Kier molecular flexibility index (Phi) is 3.16. The second kappa shape index (κ2) is 4.98. The Balaban J connectivity index is 2.40. The van der Waals surface area contributed by atoms with Gasteiger partial charge in [-0.25, -0.2) is 4.98 Å². The fraction of sp³-hybridized carbons (Fsp3) is 0.0667. The molecule has 0 radical (unpaired) electrons. The normalized spacial score (nSPS) is 10.7. The molecule has 0 atom stereocenters. The van der Waals surface area contributed by atoms with Gasteiger partial charge in [0, 0.05) is 17.8 Å². The van der Waals surface area contributed by atoms with Crippen LogP contribution in [0.2, 0.25) is 5.02 Å². The standard InChI is InChI=1S/C15H12ClN3O/c1-17-14-15(20)19(11-8-6-10(16)7-9-11)13-5-3-2-4-12(13)18-14/h2-9H,1H3,(H,17,18). The van der Waals surface area contributed by atoms with E-state index in [0.29, 0.717) is 10.8 Å². The topological polar surface area (TPSA) is 46.9 Å². The second-order valence-corrected chi connectivity index (χ2v) is 4.75. The molecule has 4 nitrogen and oxygen atoms in total. The number of hydrogen-bond acceptors (Lipinski definition) is 3. The zero-order chi connectivity index (χ0) is 14.1. The summed E-state index contributed by atoms with van der Waals surface area (Å²) in [7, 11) is 1.69. The third-order valence-corrected chi connectivity index (χ3v) is 3.33. The van der Waals surface area contributed by atoms with Crippen LogP contribution in [0, 0.1) is 0 Å². The maximum Gasteiger partial charge on any atom is 0.298 e. The summed E-state index contributed by atoms with van der Waals surface area (Å²) in [5, 5.41) is 3.47. The van der Waals surface area contributed by atoms with Crippen molar-refractivity contribution in [3.05, 3.63) is 63.9 Å². The molecule has 0 aliphatic carbocycles. The van der Waals surface area contributed by atoms with Crippen LogP contribution >= 0.6 is 11.6 Å². The molecule has 0 saturated heterocycles. The summed E-state index contributed by atoms with van der Waals surface area (Å²) >= 11 is 5.90. The van der Waals surface area contributed by atoms with E-state index in [9.17, 15) is 4.79 Å². The van der Waals surface area contributed by atoms with Crippen molar-refractivity contribution in [2.75, 3.05) is 12.4 Å². The Morgan fingerprint density at radius 3 is 2.50 bits per heavy atom. The highest BCUT2D eigenvalue weighted by Gasteiger charge is 2.11. The van der Waals surface area contributed by atoms with Crippen molar-refractivity contribution in [2.45, 2.75) is 0 Å². The van der Waals surface area contributed by atoms with Gasteiger partial charge >= 0.3 is 0 Å². The first-order valence-corrected chi connectivity index (χ1v) is 6.54. The highest BCUT2D eigenvalue weighted by molar-refractivity contribution is 6.30. The summed E-state index contributed by atoms with van der Waals surface area (Å²) < 4.78 is 1.63. The number of aromatic nitrogens is 2. The van der Waals surface area contributed by atoms with Crippen molar-refractivity contribution < 1.29 is 0 Å². The molecule has 0 bridgehead atoms. The molecule has 1 heterocycles. The quantitative estimate of drug-likeness (QED) is 0.787. The van der Waals surface area contributed by atoms with Gasteiger partial charge in [0.15, 0.2) is 5.82 Å². The van der Waals surface area contributed by atoms with Crippen LogP contribution in [0.4, 0.5) is 5.82 Å². The lowest BCUT2D eigenvalue weighted by molar-refractivity contribution is 1.02. The van der Waals surface area contributed by atoms with Crippen LogP contribution in [0.25, 0.3) is 16.7 Å². The highest BCUT2D eigenvalue weighted by atomic mass is 35.5.